The van der Waals surface area contributed by atoms with Crippen LogP contribution < -0.4 is 14.8 Å². The first-order valence-corrected chi connectivity index (χ1v) is 8.19. The fraction of sp³-hybridized carbons (Fsp3) is 0.538. The maximum absolute atomic E-state index is 11.8. The SMILES string of the molecule is Cl.O=S(=O)(CCOc1ccccc1)NC[C@@H]1CCCN1. The second-order valence-electron chi connectivity index (χ2n) is 4.62. The third-order valence-electron chi connectivity index (χ3n) is 3.08. The first kappa shape index (κ1) is 17.2. The highest BCUT2D eigenvalue weighted by Crippen LogP contribution is 2.08. The third kappa shape index (κ3) is 6.09. The van der Waals surface area contributed by atoms with Crippen LogP contribution in [0.3, 0.4) is 0 Å². The van der Waals surface area contributed by atoms with E-state index in [0.29, 0.717) is 12.3 Å². The summed E-state index contributed by atoms with van der Waals surface area (Å²) in [6.07, 6.45) is 2.15. The molecule has 0 aliphatic carbocycles. The Morgan fingerprint density at radius 2 is 2.05 bits per heavy atom. The molecule has 1 heterocycles. The fourth-order valence-corrected chi connectivity index (χ4v) is 2.92. The van der Waals surface area contributed by atoms with E-state index in [1.165, 1.54) is 0 Å². The van der Waals surface area contributed by atoms with E-state index < -0.39 is 10.0 Å². The van der Waals surface area contributed by atoms with Gasteiger partial charge in [-0.3, -0.25) is 0 Å². The zero-order valence-corrected chi connectivity index (χ0v) is 12.9. The highest BCUT2D eigenvalue weighted by Gasteiger charge is 2.17. The summed E-state index contributed by atoms with van der Waals surface area (Å²) in [4.78, 5) is 0. The lowest BCUT2D eigenvalue weighted by Crippen LogP contribution is -2.39. The Labute approximate surface area is 126 Å². The van der Waals surface area contributed by atoms with Gasteiger partial charge in [0.05, 0.1) is 5.75 Å². The lowest BCUT2D eigenvalue weighted by atomic mass is 10.2. The Morgan fingerprint density at radius 3 is 2.70 bits per heavy atom. The summed E-state index contributed by atoms with van der Waals surface area (Å²) >= 11 is 0. The first-order chi connectivity index (χ1) is 9.16. The second-order valence-corrected chi connectivity index (χ2v) is 6.55. The molecule has 0 saturated carbocycles. The van der Waals surface area contributed by atoms with Gasteiger partial charge in [-0.25, -0.2) is 13.1 Å². The van der Waals surface area contributed by atoms with E-state index in [4.69, 9.17) is 4.74 Å². The Kier molecular flexibility index (Phi) is 7.29. The van der Waals surface area contributed by atoms with Gasteiger partial charge < -0.3 is 10.1 Å². The molecule has 20 heavy (non-hydrogen) atoms. The molecule has 1 atom stereocenters. The van der Waals surface area contributed by atoms with Crippen LogP contribution in [0, 0.1) is 0 Å². The van der Waals surface area contributed by atoms with Crippen molar-refractivity contribution in [2.75, 3.05) is 25.4 Å². The lowest BCUT2D eigenvalue weighted by Gasteiger charge is -2.12. The number of hydrogen-bond donors (Lipinski definition) is 2. The molecule has 0 radical (unpaired) electrons. The summed E-state index contributed by atoms with van der Waals surface area (Å²) in [7, 11) is -3.25. The first-order valence-electron chi connectivity index (χ1n) is 6.54. The van der Waals surface area contributed by atoms with E-state index in [1.807, 2.05) is 30.3 Å². The molecule has 2 N–H and O–H groups in total. The second kappa shape index (κ2) is 8.46. The molecule has 1 saturated heterocycles. The van der Waals surface area contributed by atoms with Gasteiger partial charge >= 0.3 is 0 Å². The van der Waals surface area contributed by atoms with Gasteiger partial charge in [0, 0.05) is 12.6 Å². The van der Waals surface area contributed by atoms with E-state index >= 15 is 0 Å². The summed E-state index contributed by atoms with van der Waals surface area (Å²) in [6, 6.07) is 9.48. The number of hydrogen-bond acceptors (Lipinski definition) is 4. The number of ether oxygens (including phenoxy) is 1. The van der Waals surface area contributed by atoms with Crippen LogP contribution in [-0.4, -0.2) is 39.9 Å². The van der Waals surface area contributed by atoms with Gasteiger partial charge in [-0.1, -0.05) is 18.2 Å². The number of sulfonamides is 1. The molecule has 1 aliphatic rings. The van der Waals surface area contributed by atoms with Crippen LogP contribution in [0.25, 0.3) is 0 Å². The third-order valence-corrected chi connectivity index (χ3v) is 4.39. The van der Waals surface area contributed by atoms with Crippen LogP contribution >= 0.6 is 12.4 Å². The smallest absolute Gasteiger partial charge is 0.215 e. The summed E-state index contributed by atoms with van der Waals surface area (Å²) in [5, 5.41) is 3.25. The van der Waals surface area contributed by atoms with Crippen LogP contribution in [0.15, 0.2) is 30.3 Å². The number of halogens is 1. The Hall–Kier alpha value is -0.820. The predicted octanol–water partition coefficient (Wildman–Crippen LogP) is 1.16. The quantitative estimate of drug-likeness (QED) is 0.791. The number of rotatable bonds is 7. The molecule has 2 rings (SSSR count). The minimum Gasteiger partial charge on any atom is -0.492 e. The maximum atomic E-state index is 11.8. The summed E-state index contributed by atoms with van der Waals surface area (Å²) < 4.78 is 31.5. The molecular weight excluding hydrogens is 300 g/mol. The van der Waals surface area contributed by atoms with E-state index in [0.717, 1.165) is 19.4 Å². The Morgan fingerprint density at radius 1 is 1.30 bits per heavy atom. The van der Waals surface area contributed by atoms with Crippen molar-refractivity contribution in [2.45, 2.75) is 18.9 Å². The van der Waals surface area contributed by atoms with Crippen LogP contribution in [0.4, 0.5) is 0 Å². The van der Waals surface area contributed by atoms with Crippen molar-refractivity contribution in [1.82, 2.24) is 10.0 Å². The van der Waals surface area contributed by atoms with E-state index in [2.05, 4.69) is 10.0 Å². The Bertz CT molecular complexity index is 476. The van der Waals surface area contributed by atoms with Gasteiger partial charge in [-0.15, -0.1) is 12.4 Å². The topological polar surface area (TPSA) is 67.4 Å². The molecule has 0 amide bonds. The molecular formula is C13H21ClN2O3S. The average molecular weight is 321 g/mol. The van der Waals surface area contributed by atoms with Crippen molar-refractivity contribution in [1.29, 1.82) is 0 Å². The van der Waals surface area contributed by atoms with Crippen molar-refractivity contribution in [3.63, 3.8) is 0 Å². The van der Waals surface area contributed by atoms with Crippen LogP contribution in [-0.2, 0) is 10.0 Å². The average Bonchev–Trinajstić information content (AvgIpc) is 2.91. The standard InChI is InChI=1S/C13H20N2O3S.ClH/c16-19(17,15-11-12-5-4-8-14-12)10-9-18-13-6-2-1-3-7-13;/h1-3,6-7,12,14-15H,4-5,8-11H2;1H/t12-;/m0./s1. The molecule has 0 spiro atoms. The van der Waals surface area contributed by atoms with E-state index in [9.17, 15) is 8.42 Å². The Balaban J connectivity index is 0.00000200. The molecule has 1 aromatic carbocycles. The highest BCUT2D eigenvalue weighted by atomic mass is 35.5. The van der Waals surface area contributed by atoms with Crippen molar-refractivity contribution in [3.05, 3.63) is 30.3 Å². The molecule has 1 aromatic rings. The van der Waals surface area contributed by atoms with Crippen molar-refractivity contribution >= 4 is 22.4 Å². The van der Waals surface area contributed by atoms with Gasteiger partial charge in [-0.2, -0.15) is 0 Å². The monoisotopic (exact) mass is 320 g/mol. The highest BCUT2D eigenvalue weighted by molar-refractivity contribution is 7.89. The summed E-state index contributed by atoms with van der Waals surface area (Å²) in [6.45, 7) is 1.61. The molecule has 5 nitrogen and oxygen atoms in total. The van der Waals surface area contributed by atoms with Crippen molar-refractivity contribution in [2.24, 2.45) is 0 Å². The molecule has 1 fully saturated rings. The van der Waals surface area contributed by atoms with E-state index in [1.54, 1.807) is 0 Å². The minimum atomic E-state index is -3.25. The van der Waals surface area contributed by atoms with Crippen molar-refractivity contribution in [3.8, 4) is 5.75 Å². The van der Waals surface area contributed by atoms with Gasteiger partial charge in [0.15, 0.2) is 0 Å². The number of benzene rings is 1. The molecule has 114 valence electrons. The molecule has 0 aromatic heterocycles. The molecule has 0 unspecified atom stereocenters. The summed E-state index contributed by atoms with van der Waals surface area (Å²) in [5.41, 5.74) is 0. The van der Waals surface area contributed by atoms with Gasteiger partial charge in [-0.05, 0) is 31.5 Å². The van der Waals surface area contributed by atoms with Crippen LogP contribution in [0.5, 0.6) is 5.75 Å². The zero-order chi connectivity index (χ0) is 13.6. The number of nitrogens with one attached hydrogen (secondary N) is 2. The molecule has 7 heteroatoms. The van der Waals surface area contributed by atoms with Gasteiger partial charge in [0.1, 0.15) is 12.4 Å². The predicted molar refractivity (Wildman–Crippen MR) is 82.0 cm³/mol. The van der Waals surface area contributed by atoms with Crippen molar-refractivity contribution < 1.29 is 13.2 Å². The lowest BCUT2D eigenvalue weighted by molar-refractivity contribution is 0.340. The normalized spacial score (nSPS) is 18.5. The summed E-state index contributed by atoms with van der Waals surface area (Å²) in [5.74, 6) is 0.671. The zero-order valence-electron chi connectivity index (χ0n) is 11.2. The van der Waals surface area contributed by atoms with Gasteiger partial charge in [0.25, 0.3) is 0 Å². The van der Waals surface area contributed by atoms with Gasteiger partial charge in [0.2, 0.25) is 10.0 Å². The largest absolute Gasteiger partial charge is 0.492 e. The van der Waals surface area contributed by atoms with Crippen LogP contribution in [0.2, 0.25) is 0 Å². The molecule has 1 aliphatic heterocycles. The van der Waals surface area contributed by atoms with E-state index in [-0.39, 0.29) is 30.8 Å². The van der Waals surface area contributed by atoms with Crippen LogP contribution in [0.1, 0.15) is 12.8 Å². The number of para-hydroxylation sites is 1. The molecule has 0 bridgehead atoms. The minimum absolute atomic E-state index is 0. The fourth-order valence-electron chi connectivity index (χ4n) is 2.02. The maximum Gasteiger partial charge on any atom is 0.215 e.